The zero-order valence-electron chi connectivity index (χ0n) is 9.41. The molecule has 0 amide bonds. The summed E-state index contributed by atoms with van der Waals surface area (Å²) in [5.41, 5.74) is 0.526. The summed E-state index contributed by atoms with van der Waals surface area (Å²) in [7, 11) is 0. The summed E-state index contributed by atoms with van der Waals surface area (Å²) in [6, 6.07) is 0.790. The average Bonchev–Trinajstić information content (AvgIpc) is 2.91. The van der Waals surface area contributed by atoms with Gasteiger partial charge in [0.15, 0.2) is 0 Å². The van der Waals surface area contributed by atoms with Gasteiger partial charge in [0.25, 0.3) is 0 Å². The first kappa shape index (κ1) is 10.1. The lowest BCUT2D eigenvalue weighted by Crippen LogP contribution is -2.39. The molecule has 3 aliphatic rings. The lowest BCUT2D eigenvalue weighted by Gasteiger charge is -2.32. The molecule has 3 heteroatoms. The van der Waals surface area contributed by atoms with Crippen molar-refractivity contribution in [1.82, 2.24) is 4.90 Å². The van der Waals surface area contributed by atoms with Crippen LogP contribution in [-0.2, 0) is 9.47 Å². The molecule has 86 valence electrons. The Bertz CT molecular complexity index is 220. The van der Waals surface area contributed by atoms with Crippen molar-refractivity contribution in [3.05, 3.63) is 0 Å². The van der Waals surface area contributed by atoms with Crippen LogP contribution in [0.4, 0.5) is 0 Å². The molecule has 3 nitrogen and oxygen atoms in total. The third-order valence-electron chi connectivity index (χ3n) is 4.36. The number of ether oxygens (including phenoxy) is 2. The minimum absolute atomic E-state index is 0.526. The fourth-order valence-corrected chi connectivity index (χ4v) is 3.30. The van der Waals surface area contributed by atoms with Crippen molar-refractivity contribution in [2.75, 3.05) is 39.5 Å². The van der Waals surface area contributed by atoms with Crippen molar-refractivity contribution in [3.63, 3.8) is 0 Å². The first-order chi connectivity index (χ1) is 7.38. The van der Waals surface area contributed by atoms with E-state index < -0.39 is 0 Å². The summed E-state index contributed by atoms with van der Waals surface area (Å²) in [4.78, 5) is 2.69. The van der Waals surface area contributed by atoms with Crippen molar-refractivity contribution in [2.45, 2.75) is 31.7 Å². The van der Waals surface area contributed by atoms with Gasteiger partial charge in [0, 0.05) is 37.8 Å². The Kier molecular flexibility index (Phi) is 2.71. The highest BCUT2D eigenvalue weighted by atomic mass is 16.5. The van der Waals surface area contributed by atoms with Crippen LogP contribution in [0.3, 0.4) is 0 Å². The summed E-state index contributed by atoms with van der Waals surface area (Å²) in [6.07, 6.45) is 5.10. The second-order valence-corrected chi connectivity index (χ2v) is 5.37. The molecule has 0 aromatic carbocycles. The van der Waals surface area contributed by atoms with Gasteiger partial charge in [-0.05, 0) is 32.2 Å². The number of nitrogens with zero attached hydrogens (tertiary/aromatic N) is 1. The predicted octanol–water partition coefficient (Wildman–Crippen LogP) is 1.28. The van der Waals surface area contributed by atoms with E-state index in [1.165, 1.54) is 38.8 Å². The van der Waals surface area contributed by atoms with Gasteiger partial charge in [-0.1, -0.05) is 0 Å². The summed E-state index contributed by atoms with van der Waals surface area (Å²) >= 11 is 0. The molecular formula is C12H21NO2. The molecule has 0 N–H and O–H groups in total. The standard InChI is InChI=1S/C12H21NO2/c1-6-14-7-2-11(1)13-5-3-12(9-13)4-8-15-10-12/h11H,1-10H2. The minimum Gasteiger partial charge on any atom is -0.381 e. The number of likely N-dealkylation sites (tertiary alicyclic amines) is 1. The molecule has 3 rings (SSSR count). The molecule has 0 aromatic rings. The van der Waals surface area contributed by atoms with Crippen molar-refractivity contribution < 1.29 is 9.47 Å². The van der Waals surface area contributed by atoms with Gasteiger partial charge >= 0.3 is 0 Å². The Labute approximate surface area is 91.7 Å². The highest BCUT2D eigenvalue weighted by Gasteiger charge is 2.43. The van der Waals surface area contributed by atoms with E-state index in [-0.39, 0.29) is 0 Å². The van der Waals surface area contributed by atoms with Crippen molar-refractivity contribution in [3.8, 4) is 0 Å². The second kappa shape index (κ2) is 4.04. The molecule has 3 saturated heterocycles. The van der Waals surface area contributed by atoms with Crippen molar-refractivity contribution >= 4 is 0 Å². The molecule has 3 heterocycles. The number of rotatable bonds is 1. The molecular weight excluding hydrogens is 190 g/mol. The predicted molar refractivity (Wildman–Crippen MR) is 57.9 cm³/mol. The van der Waals surface area contributed by atoms with Gasteiger partial charge in [-0.15, -0.1) is 0 Å². The smallest absolute Gasteiger partial charge is 0.0536 e. The first-order valence-corrected chi connectivity index (χ1v) is 6.28. The molecule has 0 aromatic heterocycles. The molecule has 1 unspecified atom stereocenters. The van der Waals surface area contributed by atoms with Gasteiger partial charge < -0.3 is 9.47 Å². The SMILES string of the molecule is C1CC(N2CCC3(CCOC3)C2)CCO1. The fourth-order valence-electron chi connectivity index (χ4n) is 3.30. The Hall–Kier alpha value is -0.120. The van der Waals surface area contributed by atoms with Crippen LogP contribution in [0.25, 0.3) is 0 Å². The van der Waals surface area contributed by atoms with Crippen LogP contribution in [0.15, 0.2) is 0 Å². The van der Waals surface area contributed by atoms with Crippen LogP contribution in [0.1, 0.15) is 25.7 Å². The number of hydrogen-bond acceptors (Lipinski definition) is 3. The number of hydrogen-bond donors (Lipinski definition) is 0. The topological polar surface area (TPSA) is 21.7 Å². The molecule has 1 atom stereocenters. The molecule has 0 radical (unpaired) electrons. The van der Waals surface area contributed by atoms with E-state index in [0.717, 1.165) is 32.5 Å². The van der Waals surface area contributed by atoms with Crippen LogP contribution in [0.2, 0.25) is 0 Å². The monoisotopic (exact) mass is 211 g/mol. The Balaban J connectivity index is 1.60. The van der Waals surface area contributed by atoms with Crippen molar-refractivity contribution in [1.29, 1.82) is 0 Å². The van der Waals surface area contributed by atoms with Gasteiger partial charge in [0.05, 0.1) is 6.61 Å². The Morgan fingerprint density at radius 2 is 1.87 bits per heavy atom. The Morgan fingerprint density at radius 3 is 2.60 bits per heavy atom. The van der Waals surface area contributed by atoms with Gasteiger partial charge in [0.1, 0.15) is 0 Å². The molecule has 0 aliphatic carbocycles. The average molecular weight is 211 g/mol. The van der Waals surface area contributed by atoms with E-state index >= 15 is 0 Å². The summed E-state index contributed by atoms with van der Waals surface area (Å²) in [5.74, 6) is 0. The van der Waals surface area contributed by atoms with Crippen LogP contribution < -0.4 is 0 Å². The van der Waals surface area contributed by atoms with Crippen molar-refractivity contribution in [2.24, 2.45) is 5.41 Å². The van der Waals surface area contributed by atoms with E-state index in [4.69, 9.17) is 9.47 Å². The highest BCUT2D eigenvalue weighted by Crippen LogP contribution is 2.39. The quantitative estimate of drug-likeness (QED) is 0.652. The maximum absolute atomic E-state index is 5.57. The lowest BCUT2D eigenvalue weighted by atomic mass is 9.87. The maximum Gasteiger partial charge on any atom is 0.0536 e. The summed E-state index contributed by atoms with van der Waals surface area (Å²) in [5, 5.41) is 0. The molecule has 0 bridgehead atoms. The molecule has 1 spiro atoms. The molecule has 3 aliphatic heterocycles. The van der Waals surface area contributed by atoms with Gasteiger partial charge in [0.2, 0.25) is 0 Å². The molecule has 3 fully saturated rings. The van der Waals surface area contributed by atoms with Crippen LogP contribution in [0, 0.1) is 5.41 Å². The van der Waals surface area contributed by atoms with Crippen LogP contribution in [-0.4, -0.2) is 50.5 Å². The van der Waals surface area contributed by atoms with E-state index in [2.05, 4.69) is 4.90 Å². The van der Waals surface area contributed by atoms with Gasteiger partial charge in [-0.2, -0.15) is 0 Å². The normalized spacial score (nSPS) is 39.2. The zero-order chi connectivity index (χ0) is 10.1. The fraction of sp³-hybridized carbons (Fsp3) is 1.00. The summed E-state index contributed by atoms with van der Waals surface area (Å²) < 4.78 is 11.0. The zero-order valence-corrected chi connectivity index (χ0v) is 9.41. The third kappa shape index (κ3) is 1.93. The Morgan fingerprint density at radius 1 is 1.00 bits per heavy atom. The maximum atomic E-state index is 5.57. The first-order valence-electron chi connectivity index (χ1n) is 6.28. The third-order valence-corrected chi connectivity index (χ3v) is 4.36. The van der Waals surface area contributed by atoms with Gasteiger partial charge in [-0.3, -0.25) is 4.90 Å². The van der Waals surface area contributed by atoms with E-state index in [9.17, 15) is 0 Å². The van der Waals surface area contributed by atoms with Gasteiger partial charge in [-0.25, -0.2) is 0 Å². The minimum atomic E-state index is 0.526. The van der Waals surface area contributed by atoms with E-state index in [0.29, 0.717) is 5.41 Å². The van der Waals surface area contributed by atoms with E-state index in [1.807, 2.05) is 0 Å². The van der Waals surface area contributed by atoms with Crippen LogP contribution >= 0.6 is 0 Å². The lowest BCUT2D eigenvalue weighted by molar-refractivity contribution is 0.0375. The second-order valence-electron chi connectivity index (χ2n) is 5.37. The summed E-state index contributed by atoms with van der Waals surface area (Å²) in [6.45, 7) is 6.48. The largest absolute Gasteiger partial charge is 0.381 e. The molecule has 15 heavy (non-hydrogen) atoms. The van der Waals surface area contributed by atoms with Crippen LogP contribution in [0.5, 0.6) is 0 Å². The van der Waals surface area contributed by atoms with E-state index in [1.54, 1.807) is 0 Å². The molecule has 0 saturated carbocycles. The highest BCUT2D eigenvalue weighted by molar-refractivity contribution is 4.94.